The maximum Gasteiger partial charge on any atom is 0.222 e. The largest absolute Gasteiger partial charge is 0.375 e. The SMILES string of the molecule is CC1CCCC(CNC(=O)CC2CNCCO2)(N(C)C)C1. The van der Waals surface area contributed by atoms with Gasteiger partial charge in [0.15, 0.2) is 0 Å². The average molecular weight is 297 g/mol. The second-order valence-corrected chi connectivity index (χ2v) is 7.00. The van der Waals surface area contributed by atoms with Crippen LogP contribution in [0, 0.1) is 5.92 Å². The predicted octanol–water partition coefficient (Wildman–Crippen LogP) is 0.992. The van der Waals surface area contributed by atoms with Crippen LogP contribution in [-0.2, 0) is 9.53 Å². The van der Waals surface area contributed by atoms with E-state index >= 15 is 0 Å². The molecule has 0 aromatic carbocycles. The molecule has 1 saturated carbocycles. The molecule has 0 spiro atoms. The first-order chi connectivity index (χ1) is 10.0. The summed E-state index contributed by atoms with van der Waals surface area (Å²) in [7, 11) is 4.27. The predicted molar refractivity (Wildman–Crippen MR) is 84.3 cm³/mol. The Morgan fingerprint density at radius 3 is 2.90 bits per heavy atom. The van der Waals surface area contributed by atoms with Crippen LogP contribution in [0.5, 0.6) is 0 Å². The quantitative estimate of drug-likeness (QED) is 0.795. The van der Waals surface area contributed by atoms with Gasteiger partial charge in [-0.1, -0.05) is 19.8 Å². The molecule has 5 heteroatoms. The summed E-state index contributed by atoms with van der Waals surface area (Å²) in [5.41, 5.74) is 0.124. The van der Waals surface area contributed by atoms with Crippen LogP contribution < -0.4 is 10.6 Å². The lowest BCUT2D eigenvalue weighted by Gasteiger charge is -2.45. The fourth-order valence-electron chi connectivity index (χ4n) is 3.65. The maximum atomic E-state index is 12.2. The van der Waals surface area contributed by atoms with E-state index in [1.165, 1.54) is 25.7 Å². The van der Waals surface area contributed by atoms with Crippen LogP contribution in [0.2, 0.25) is 0 Å². The first-order valence-corrected chi connectivity index (χ1v) is 8.28. The van der Waals surface area contributed by atoms with Crippen LogP contribution in [0.4, 0.5) is 0 Å². The molecule has 0 radical (unpaired) electrons. The van der Waals surface area contributed by atoms with Crippen LogP contribution in [0.1, 0.15) is 39.0 Å². The maximum absolute atomic E-state index is 12.2. The molecule has 2 rings (SSSR count). The summed E-state index contributed by atoms with van der Waals surface area (Å²) < 4.78 is 5.60. The van der Waals surface area contributed by atoms with Crippen molar-refractivity contribution in [1.29, 1.82) is 0 Å². The highest BCUT2D eigenvalue weighted by molar-refractivity contribution is 5.76. The molecule has 0 aromatic rings. The number of carbonyl (C=O) groups is 1. The Kier molecular flexibility index (Phi) is 6.02. The van der Waals surface area contributed by atoms with Crippen molar-refractivity contribution in [1.82, 2.24) is 15.5 Å². The van der Waals surface area contributed by atoms with Gasteiger partial charge < -0.3 is 20.3 Å². The molecule has 0 aromatic heterocycles. The average Bonchev–Trinajstić information content (AvgIpc) is 2.46. The number of morpholine rings is 1. The molecule has 0 bridgehead atoms. The number of nitrogens with zero attached hydrogens (tertiary/aromatic N) is 1. The van der Waals surface area contributed by atoms with Gasteiger partial charge in [0.25, 0.3) is 0 Å². The molecule has 1 saturated heterocycles. The lowest BCUT2D eigenvalue weighted by atomic mass is 9.75. The first-order valence-electron chi connectivity index (χ1n) is 8.28. The fraction of sp³-hybridized carbons (Fsp3) is 0.938. The van der Waals surface area contributed by atoms with Gasteiger partial charge in [-0.05, 0) is 32.9 Å². The van der Waals surface area contributed by atoms with E-state index in [0.717, 1.165) is 25.6 Å². The van der Waals surface area contributed by atoms with Crippen molar-refractivity contribution in [2.75, 3.05) is 40.3 Å². The van der Waals surface area contributed by atoms with Crippen LogP contribution in [-0.4, -0.2) is 62.8 Å². The molecule has 1 heterocycles. The van der Waals surface area contributed by atoms with E-state index in [9.17, 15) is 4.79 Å². The zero-order valence-electron chi connectivity index (χ0n) is 13.8. The Hall–Kier alpha value is -0.650. The summed E-state index contributed by atoms with van der Waals surface area (Å²) in [5, 5.41) is 6.42. The number of ether oxygens (including phenoxy) is 1. The third-order valence-corrected chi connectivity index (χ3v) is 5.05. The van der Waals surface area contributed by atoms with E-state index < -0.39 is 0 Å². The molecule has 2 aliphatic rings. The van der Waals surface area contributed by atoms with Crippen molar-refractivity contribution in [3.63, 3.8) is 0 Å². The van der Waals surface area contributed by atoms with Crippen LogP contribution in [0.15, 0.2) is 0 Å². The summed E-state index contributed by atoms with van der Waals surface area (Å²) in [6, 6.07) is 0. The fourth-order valence-corrected chi connectivity index (χ4v) is 3.65. The van der Waals surface area contributed by atoms with E-state index in [1.807, 2.05) is 0 Å². The molecular formula is C16H31N3O2. The van der Waals surface area contributed by atoms with Gasteiger partial charge in [-0.25, -0.2) is 0 Å². The molecule has 2 fully saturated rings. The zero-order chi connectivity index (χ0) is 15.3. The lowest BCUT2D eigenvalue weighted by molar-refractivity contribution is -0.125. The standard InChI is InChI=1S/C16H31N3O2/c1-13-5-4-6-16(10-13,19(2)3)12-18-15(20)9-14-11-17-7-8-21-14/h13-14,17H,4-12H2,1-3H3,(H,18,20). The molecule has 122 valence electrons. The number of carbonyl (C=O) groups excluding carboxylic acids is 1. The highest BCUT2D eigenvalue weighted by Gasteiger charge is 2.37. The van der Waals surface area contributed by atoms with E-state index in [-0.39, 0.29) is 17.6 Å². The van der Waals surface area contributed by atoms with Gasteiger partial charge in [0.05, 0.1) is 19.1 Å². The van der Waals surface area contributed by atoms with E-state index in [2.05, 4.69) is 36.6 Å². The molecule has 2 N–H and O–H groups in total. The van der Waals surface area contributed by atoms with Crippen LogP contribution in [0.25, 0.3) is 0 Å². The minimum Gasteiger partial charge on any atom is -0.375 e. The van der Waals surface area contributed by atoms with Crippen molar-refractivity contribution in [3.05, 3.63) is 0 Å². The Balaban J connectivity index is 1.82. The van der Waals surface area contributed by atoms with E-state index in [4.69, 9.17) is 4.74 Å². The third-order valence-electron chi connectivity index (χ3n) is 5.05. The Labute approximate surface area is 128 Å². The number of nitrogens with one attached hydrogen (secondary N) is 2. The summed E-state index contributed by atoms with van der Waals surface area (Å²) >= 11 is 0. The molecule has 1 aliphatic carbocycles. The highest BCUT2D eigenvalue weighted by Crippen LogP contribution is 2.35. The summed E-state index contributed by atoms with van der Waals surface area (Å²) in [6.07, 6.45) is 5.40. The van der Waals surface area contributed by atoms with Gasteiger partial charge in [-0.15, -0.1) is 0 Å². The van der Waals surface area contributed by atoms with Crippen molar-refractivity contribution in [2.24, 2.45) is 5.92 Å². The Morgan fingerprint density at radius 2 is 2.29 bits per heavy atom. The molecule has 1 amide bonds. The van der Waals surface area contributed by atoms with Crippen molar-refractivity contribution in [2.45, 2.75) is 50.7 Å². The molecule has 3 atom stereocenters. The van der Waals surface area contributed by atoms with Gasteiger partial charge in [0.2, 0.25) is 5.91 Å². The minimum absolute atomic E-state index is 0.0272. The smallest absolute Gasteiger partial charge is 0.222 e. The van der Waals surface area contributed by atoms with Crippen molar-refractivity contribution < 1.29 is 9.53 Å². The van der Waals surface area contributed by atoms with Crippen molar-refractivity contribution >= 4 is 5.91 Å². The lowest BCUT2D eigenvalue weighted by Crippen LogP contribution is -2.55. The third kappa shape index (κ3) is 4.66. The van der Waals surface area contributed by atoms with Crippen LogP contribution in [0.3, 0.4) is 0 Å². The number of hydrogen-bond donors (Lipinski definition) is 2. The van der Waals surface area contributed by atoms with Gasteiger partial charge in [0.1, 0.15) is 0 Å². The normalized spacial score (nSPS) is 33.9. The monoisotopic (exact) mass is 297 g/mol. The number of likely N-dealkylation sites (N-methyl/N-ethyl adjacent to an activating group) is 1. The first kappa shape index (κ1) is 16.7. The van der Waals surface area contributed by atoms with Gasteiger partial charge in [0, 0.05) is 25.2 Å². The van der Waals surface area contributed by atoms with Gasteiger partial charge in [-0.2, -0.15) is 0 Å². The van der Waals surface area contributed by atoms with Gasteiger partial charge in [-0.3, -0.25) is 4.79 Å². The number of hydrogen-bond acceptors (Lipinski definition) is 4. The molecule has 3 unspecified atom stereocenters. The Bertz CT molecular complexity index is 342. The topological polar surface area (TPSA) is 53.6 Å². The molecule has 5 nitrogen and oxygen atoms in total. The second kappa shape index (κ2) is 7.56. The second-order valence-electron chi connectivity index (χ2n) is 7.00. The summed E-state index contributed by atoms with van der Waals surface area (Å²) in [4.78, 5) is 14.5. The molecular weight excluding hydrogens is 266 g/mol. The highest BCUT2D eigenvalue weighted by atomic mass is 16.5. The zero-order valence-corrected chi connectivity index (χ0v) is 13.8. The van der Waals surface area contributed by atoms with E-state index in [1.54, 1.807) is 0 Å². The van der Waals surface area contributed by atoms with E-state index in [0.29, 0.717) is 13.0 Å². The number of amides is 1. The molecule has 1 aliphatic heterocycles. The van der Waals surface area contributed by atoms with Gasteiger partial charge >= 0.3 is 0 Å². The summed E-state index contributed by atoms with van der Waals surface area (Å²) in [5.74, 6) is 0.854. The minimum atomic E-state index is 0.0272. The van der Waals surface area contributed by atoms with Crippen molar-refractivity contribution in [3.8, 4) is 0 Å². The summed E-state index contributed by atoms with van der Waals surface area (Å²) in [6.45, 7) is 5.45. The van der Waals surface area contributed by atoms with Crippen LogP contribution >= 0.6 is 0 Å². The Morgan fingerprint density at radius 1 is 1.48 bits per heavy atom. The number of rotatable bonds is 5. The molecule has 21 heavy (non-hydrogen) atoms.